The third kappa shape index (κ3) is 4.05. The molecule has 0 amide bonds. The van der Waals surface area contributed by atoms with Gasteiger partial charge in [0.05, 0.1) is 0 Å². The van der Waals surface area contributed by atoms with Gasteiger partial charge >= 0.3 is 0 Å². The molecule has 1 heteroatoms. The molecule has 0 aliphatic rings. The van der Waals surface area contributed by atoms with Gasteiger partial charge in [-0.3, -0.25) is 0 Å². The van der Waals surface area contributed by atoms with Crippen molar-refractivity contribution in [3.63, 3.8) is 0 Å². The van der Waals surface area contributed by atoms with Crippen molar-refractivity contribution in [1.82, 2.24) is 5.32 Å². The van der Waals surface area contributed by atoms with Crippen LogP contribution >= 0.6 is 0 Å². The maximum Gasteiger partial charge on any atom is -0.00457 e. The lowest BCUT2D eigenvalue weighted by Crippen LogP contribution is -2.16. The number of hydrogen-bond acceptors (Lipinski definition) is 1. The second-order valence-corrected chi connectivity index (χ2v) is 4.22. The Bertz CT molecular complexity index is 271. The second-order valence-electron chi connectivity index (χ2n) is 4.22. The van der Waals surface area contributed by atoms with Gasteiger partial charge in [-0.2, -0.15) is 0 Å². The Kier molecular flexibility index (Phi) is 5.41. The summed E-state index contributed by atoms with van der Waals surface area (Å²) in [4.78, 5) is 0. The average Bonchev–Trinajstić information content (AvgIpc) is 2.21. The van der Waals surface area contributed by atoms with Crippen LogP contribution in [0.25, 0.3) is 0 Å². The van der Waals surface area contributed by atoms with Crippen LogP contribution in [-0.2, 0) is 6.42 Å². The van der Waals surface area contributed by atoms with E-state index in [2.05, 4.69) is 44.3 Å². The van der Waals surface area contributed by atoms with Gasteiger partial charge in [0.2, 0.25) is 0 Å². The van der Waals surface area contributed by atoms with Crippen LogP contribution in [0.1, 0.15) is 36.5 Å². The van der Waals surface area contributed by atoms with Crippen LogP contribution in [0.4, 0.5) is 0 Å². The minimum absolute atomic E-state index is 1.14. The minimum atomic E-state index is 1.14. The van der Waals surface area contributed by atoms with E-state index in [0.29, 0.717) is 0 Å². The van der Waals surface area contributed by atoms with Crippen molar-refractivity contribution in [2.45, 2.75) is 40.0 Å². The van der Waals surface area contributed by atoms with E-state index in [0.717, 1.165) is 13.1 Å². The number of rotatable bonds is 6. The SMILES string of the molecule is CCCNCCCc1c(C)cccc1C. The number of benzene rings is 1. The summed E-state index contributed by atoms with van der Waals surface area (Å²) in [7, 11) is 0. The summed E-state index contributed by atoms with van der Waals surface area (Å²) in [5.41, 5.74) is 4.41. The van der Waals surface area contributed by atoms with E-state index in [-0.39, 0.29) is 0 Å². The lowest BCUT2D eigenvalue weighted by molar-refractivity contribution is 0.638. The highest BCUT2D eigenvalue weighted by molar-refractivity contribution is 5.33. The van der Waals surface area contributed by atoms with Gasteiger partial charge in [0.1, 0.15) is 0 Å². The quantitative estimate of drug-likeness (QED) is 0.703. The van der Waals surface area contributed by atoms with Crippen molar-refractivity contribution in [2.24, 2.45) is 0 Å². The van der Waals surface area contributed by atoms with Crippen molar-refractivity contribution >= 4 is 0 Å². The normalized spacial score (nSPS) is 10.6. The maximum absolute atomic E-state index is 3.44. The van der Waals surface area contributed by atoms with E-state index in [4.69, 9.17) is 0 Å². The molecule has 0 saturated carbocycles. The third-order valence-electron chi connectivity index (χ3n) is 2.85. The van der Waals surface area contributed by atoms with Crippen molar-refractivity contribution in [1.29, 1.82) is 0 Å². The zero-order valence-electron chi connectivity index (χ0n) is 10.3. The van der Waals surface area contributed by atoms with E-state index in [1.807, 2.05) is 0 Å². The zero-order valence-corrected chi connectivity index (χ0v) is 10.3. The van der Waals surface area contributed by atoms with Crippen LogP contribution < -0.4 is 5.32 Å². The minimum Gasteiger partial charge on any atom is -0.317 e. The van der Waals surface area contributed by atoms with E-state index >= 15 is 0 Å². The highest BCUT2D eigenvalue weighted by atomic mass is 14.8. The fraction of sp³-hybridized carbons (Fsp3) is 0.571. The molecular formula is C14H23N. The molecule has 1 aromatic carbocycles. The summed E-state index contributed by atoms with van der Waals surface area (Å²) in [5.74, 6) is 0. The molecule has 1 N–H and O–H groups in total. The predicted molar refractivity (Wildman–Crippen MR) is 67.4 cm³/mol. The van der Waals surface area contributed by atoms with Crippen molar-refractivity contribution in [2.75, 3.05) is 13.1 Å². The highest BCUT2D eigenvalue weighted by Crippen LogP contribution is 2.14. The summed E-state index contributed by atoms with van der Waals surface area (Å²) in [6, 6.07) is 6.56. The van der Waals surface area contributed by atoms with E-state index in [1.165, 1.54) is 36.0 Å². The molecule has 0 aliphatic carbocycles. The predicted octanol–water partition coefficient (Wildman–Crippen LogP) is 3.24. The van der Waals surface area contributed by atoms with Gasteiger partial charge in [-0.15, -0.1) is 0 Å². The molecule has 0 spiro atoms. The van der Waals surface area contributed by atoms with Gasteiger partial charge in [0, 0.05) is 0 Å². The molecule has 0 atom stereocenters. The Labute approximate surface area is 93.9 Å². The van der Waals surface area contributed by atoms with Gasteiger partial charge < -0.3 is 5.32 Å². The Morgan fingerprint density at radius 2 is 1.73 bits per heavy atom. The number of hydrogen-bond donors (Lipinski definition) is 1. The molecule has 0 bridgehead atoms. The van der Waals surface area contributed by atoms with Gasteiger partial charge in [-0.1, -0.05) is 25.1 Å². The van der Waals surface area contributed by atoms with Crippen LogP contribution in [0.3, 0.4) is 0 Å². The monoisotopic (exact) mass is 205 g/mol. The van der Waals surface area contributed by atoms with Crippen molar-refractivity contribution in [3.05, 3.63) is 34.9 Å². The Morgan fingerprint density at radius 1 is 1.07 bits per heavy atom. The smallest absolute Gasteiger partial charge is 0.00457 e. The summed E-state index contributed by atoms with van der Waals surface area (Å²) in [6.07, 6.45) is 3.67. The molecule has 0 unspecified atom stereocenters. The van der Waals surface area contributed by atoms with Crippen LogP contribution in [-0.4, -0.2) is 13.1 Å². The second kappa shape index (κ2) is 6.62. The molecule has 1 nitrogen and oxygen atoms in total. The first kappa shape index (κ1) is 12.3. The van der Waals surface area contributed by atoms with Crippen molar-refractivity contribution < 1.29 is 0 Å². The van der Waals surface area contributed by atoms with Gasteiger partial charge in [0.15, 0.2) is 0 Å². The fourth-order valence-electron chi connectivity index (χ4n) is 1.94. The van der Waals surface area contributed by atoms with Crippen molar-refractivity contribution in [3.8, 4) is 0 Å². The summed E-state index contributed by atoms with van der Waals surface area (Å²) < 4.78 is 0. The highest BCUT2D eigenvalue weighted by Gasteiger charge is 2.00. The molecule has 0 radical (unpaired) electrons. The van der Waals surface area contributed by atoms with Gasteiger partial charge in [-0.25, -0.2) is 0 Å². The first-order valence-electron chi connectivity index (χ1n) is 6.01. The first-order valence-corrected chi connectivity index (χ1v) is 6.01. The molecule has 0 aliphatic heterocycles. The van der Waals surface area contributed by atoms with Crippen LogP contribution in [0.5, 0.6) is 0 Å². The number of nitrogens with one attached hydrogen (secondary N) is 1. The lowest BCUT2D eigenvalue weighted by atomic mass is 9.99. The molecule has 0 heterocycles. The van der Waals surface area contributed by atoms with Gasteiger partial charge in [-0.05, 0) is 62.9 Å². The lowest BCUT2D eigenvalue weighted by Gasteiger charge is -2.09. The maximum atomic E-state index is 3.44. The summed E-state index contributed by atoms with van der Waals surface area (Å²) >= 11 is 0. The molecule has 0 fully saturated rings. The van der Waals surface area contributed by atoms with E-state index in [1.54, 1.807) is 0 Å². The topological polar surface area (TPSA) is 12.0 Å². The molecular weight excluding hydrogens is 182 g/mol. The zero-order chi connectivity index (χ0) is 11.1. The standard InChI is InChI=1S/C14H23N/c1-4-10-15-11-6-9-14-12(2)7-5-8-13(14)3/h5,7-8,15H,4,6,9-11H2,1-3H3. The largest absolute Gasteiger partial charge is 0.317 e. The Morgan fingerprint density at radius 3 is 2.33 bits per heavy atom. The Hall–Kier alpha value is -0.820. The first-order chi connectivity index (χ1) is 7.25. The van der Waals surface area contributed by atoms with Gasteiger partial charge in [0.25, 0.3) is 0 Å². The van der Waals surface area contributed by atoms with E-state index in [9.17, 15) is 0 Å². The molecule has 1 aromatic rings. The number of aryl methyl sites for hydroxylation is 2. The molecule has 84 valence electrons. The van der Waals surface area contributed by atoms with Crippen LogP contribution in [0.15, 0.2) is 18.2 Å². The molecule has 1 rings (SSSR count). The average molecular weight is 205 g/mol. The third-order valence-corrected chi connectivity index (χ3v) is 2.85. The Balaban J connectivity index is 2.37. The summed E-state index contributed by atoms with van der Waals surface area (Å²) in [5, 5.41) is 3.44. The van der Waals surface area contributed by atoms with Crippen LogP contribution in [0.2, 0.25) is 0 Å². The summed E-state index contributed by atoms with van der Waals surface area (Å²) in [6.45, 7) is 8.91. The molecule has 0 aromatic heterocycles. The van der Waals surface area contributed by atoms with Crippen LogP contribution in [0, 0.1) is 13.8 Å². The van der Waals surface area contributed by atoms with E-state index < -0.39 is 0 Å². The fourth-order valence-corrected chi connectivity index (χ4v) is 1.94. The molecule has 0 saturated heterocycles. The molecule has 15 heavy (non-hydrogen) atoms.